The van der Waals surface area contributed by atoms with E-state index in [4.69, 9.17) is 4.74 Å². The highest BCUT2D eigenvalue weighted by atomic mass is 16.5. The van der Waals surface area contributed by atoms with Gasteiger partial charge in [-0.15, -0.1) is 0 Å². The molecule has 0 aromatic rings. The van der Waals surface area contributed by atoms with Crippen LogP contribution in [-0.2, 0) is 14.3 Å². The molecule has 0 unspecified atom stereocenters. The van der Waals surface area contributed by atoms with Gasteiger partial charge >= 0.3 is 5.97 Å². The topological polar surface area (TPSA) is 58.6 Å². The number of likely N-dealkylation sites (tertiary alicyclic amines) is 1. The molecule has 1 amide bonds. The molecule has 1 atom stereocenters. The summed E-state index contributed by atoms with van der Waals surface area (Å²) in [6.45, 7) is 4.76. The van der Waals surface area contributed by atoms with E-state index in [9.17, 15) is 9.59 Å². The molecule has 20 heavy (non-hydrogen) atoms. The fourth-order valence-corrected chi connectivity index (χ4v) is 3.60. The number of ether oxygens (including phenoxy) is 1. The van der Waals surface area contributed by atoms with E-state index in [1.165, 1.54) is 0 Å². The average molecular weight is 278 g/mol. The molecule has 2 fully saturated rings. The minimum Gasteiger partial charge on any atom is -0.456 e. The molecule has 110 valence electrons. The van der Waals surface area contributed by atoms with Crippen LogP contribution >= 0.6 is 0 Å². The van der Waals surface area contributed by atoms with Crippen molar-refractivity contribution < 1.29 is 14.3 Å². The van der Waals surface area contributed by atoms with E-state index in [1.54, 1.807) is 6.92 Å². The molecule has 1 N–H and O–H groups in total. The van der Waals surface area contributed by atoms with Crippen LogP contribution in [0.3, 0.4) is 0 Å². The van der Waals surface area contributed by atoms with Crippen molar-refractivity contribution in [2.24, 2.45) is 11.8 Å². The van der Waals surface area contributed by atoms with Gasteiger partial charge in [0.05, 0.1) is 11.3 Å². The van der Waals surface area contributed by atoms with Gasteiger partial charge in [-0.25, -0.2) is 4.79 Å². The Balaban J connectivity index is 1.76. The van der Waals surface area contributed by atoms with Crippen molar-refractivity contribution in [3.8, 4) is 0 Å². The maximum absolute atomic E-state index is 12.8. The predicted molar refractivity (Wildman–Crippen MR) is 73.7 cm³/mol. The lowest BCUT2D eigenvalue weighted by Crippen LogP contribution is -2.46. The van der Waals surface area contributed by atoms with E-state index >= 15 is 0 Å². The third-order valence-corrected chi connectivity index (χ3v) is 4.84. The van der Waals surface area contributed by atoms with Gasteiger partial charge in [-0.2, -0.15) is 0 Å². The molecule has 0 spiro atoms. The molecule has 0 aromatic heterocycles. The molecule has 3 heterocycles. The lowest BCUT2D eigenvalue weighted by atomic mass is 9.79. The smallest absolute Gasteiger partial charge is 0.336 e. The second kappa shape index (κ2) is 5.56. The molecule has 3 aliphatic heterocycles. The number of carbonyl (C=O) groups is 2. The molecule has 5 nitrogen and oxygen atoms in total. The molecule has 0 saturated carbocycles. The highest BCUT2D eigenvalue weighted by molar-refractivity contribution is 5.93. The van der Waals surface area contributed by atoms with Crippen LogP contribution in [0.15, 0.2) is 11.3 Å². The Kier molecular flexibility index (Phi) is 3.78. The number of piperidine rings is 2. The first-order valence-electron chi connectivity index (χ1n) is 7.57. The van der Waals surface area contributed by atoms with E-state index in [2.05, 4.69) is 5.32 Å². The first-order chi connectivity index (χ1) is 9.68. The Bertz CT molecular complexity index is 452. The molecular weight excluding hydrogens is 256 g/mol. The largest absolute Gasteiger partial charge is 0.456 e. The molecule has 5 heteroatoms. The minimum absolute atomic E-state index is 0.127. The first kappa shape index (κ1) is 13.6. The Hall–Kier alpha value is -1.36. The molecule has 3 rings (SSSR count). The summed E-state index contributed by atoms with van der Waals surface area (Å²) in [7, 11) is 0. The zero-order valence-corrected chi connectivity index (χ0v) is 12.0. The first-order valence-corrected chi connectivity index (χ1v) is 7.57. The van der Waals surface area contributed by atoms with E-state index < -0.39 is 0 Å². The van der Waals surface area contributed by atoms with Crippen LogP contribution in [0, 0.1) is 11.8 Å². The van der Waals surface area contributed by atoms with Crippen LogP contribution < -0.4 is 5.32 Å². The summed E-state index contributed by atoms with van der Waals surface area (Å²) in [6, 6.07) is 0. The predicted octanol–water partition coefficient (Wildman–Crippen LogP) is 1.06. The summed E-state index contributed by atoms with van der Waals surface area (Å²) in [6.07, 6.45) is 4.17. The zero-order valence-electron chi connectivity index (χ0n) is 12.0. The molecule has 0 bridgehead atoms. The van der Waals surface area contributed by atoms with Gasteiger partial charge in [0.2, 0.25) is 5.91 Å². The van der Waals surface area contributed by atoms with Gasteiger partial charge in [-0.1, -0.05) is 0 Å². The van der Waals surface area contributed by atoms with Gasteiger partial charge in [0.1, 0.15) is 6.61 Å². The fourth-order valence-electron chi connectivity index (χ4n) is 3.60. The molecule has 3 aliphatic rings. The van der Waals surface area contributed by atoms with Crippen molar-refractivity contribution in [3.05, 3.63) is 11.3 Å². The number of nitrogens with one attached hydrogen (secondary N) is 1. The molecule has 0 radical (unpaired) electrons. The minimum atomic E-state index is -0.281. The summed E-state index contributed by atoms with van der Waals surface area (Å²) < 4.78 is 5.04. The molecule has 0 aromatic carbocycles. The van der Waals surface area contributed by atoms with Crippen molar-refractivity contribution in [1.29, 1.82) is 0 Å². The van der Waals surface area contributed by atoms with Crippen LogP contribution in [0.2, 0.25) is 0 Å². The average Bonchev–Trinajstić information content (AvgIpc) is 2.80. The Morgan fingerprint density at radius 1 is 1.20 bits per heavy atom. The maximum Gasteiger partial charge on any atom is 0.336 e. The lowest BCUT2D eigenvalue weighted by Gasteiger charge is -2.38. The van der Waals surface area contributed by atoms with Crippen molar-refractivity contribution >= 4 is 11.9 Å². The standard InChI is InChI=1S/C15H22N2O3/c1-10-13(9-20-15(10)19)17-8-2-3-12(14(17)18)11-4-6-16-7-5-11/h11-12,16H,2-9H2,1H3/t12-/m0/s1. The number of amides is 1. The van der Waals surface area contributed by atoms with Crippen molar-refractivity contribution in [3.63, 3.8) is 0 Å². The van der Waals surface area contributed by atoms with Crippen LogP contribution in [-0.4, -0.2) is 43.0 Å². The molecule has 2 saturated heterocycles. The Labute approximate surface area is 119 Å². The number of esters is 1. The van der Waals surface area contributed by atoms with Gasteiger partial charge < -0.3 is 15.0 Å². The number of rotatable bonds is 2. The van der Waals surface area contributed by atoms with Gasteiger partial charge in [0.25, 0.3) is 0 Å². The number of hydrogen-bond donors (Lipinski definition) is 1. The monoisotopic (exact) mass is 278 g/mol. The van der Waals surface area contributed by atoms with Gasteiger partial charge in [-0.05, 0) is 51.6 Å². The summed E-state index contributed by atoms with van der Waals surface area (Å²) >= 11 is 0. The van der Waals surface area contributed by atoms with E-state index in [-0.39, 0.29) is 24.4 Å². The van der Waals surface area contributed by atoms with Gasteiger partial charge in [0.15, 0.2) is 0 Å². The van der Waals surface area contributed by atoms with Crippen molar-refractivity contribution in [2.75, 3.05) is 26.2 Å². The Morgan fingerprint density at radius 2 is 1.95 bits per heavy atom. The summed E-state index contributed by atoms with van der Waals surface area (Å²) in [4.78, 5) is 26.1. The van der Waals surface area contributed by atoms with Crippen molar-refractivity contribution in [1.82, 2.24) is 10.2 Å². The number of nitrogens with zero attached hydrogens (tertiary/aromatic N) is 1. The second-order valence-electron chi connectivity index (χ2n) is 5.97. The van der Waals surface area contributed by atoms with E-state index in [0.717, 1.165) is 51.0 Å². The summed E-state index contributed by atoms with van der Waals surface area (Å²) in [5, 5.41) is 3.35. The Morgan fingerprint density at radius 3 is 2.60 bits per heavy atom. The number of cyclic esters (lactones) is 1. The van der Waals surface area contributed by atoms with Crippen LogP contribution in [0.1, 0.15) is 32.6 Å². The third kappa shape index (κ3) is 2.35. The third-order valence-electron chi connectivity index (χ3n) is 4.84. The maximum atomic E-state index is 12.8. The summed E-state index contributed by atoms with van der Waals surface area (Å²) in [5.74, 6) is 0.542. The van der Waals surface area contributed by atoms with Crippen molar-refractivity contribution in [2.45, 2.75) is 32.6 Å². The molecule has 0 aliphatic carbocycles. The number of carbonyl (C=O) groups excluding carboxylic acids is 2. The summed E-state index contributed by atoms with van der Waals surface area (Å²) in [5.41, 5.74) is 1.39. The van der Waals surface area contributed by atoms with E-state index in [1.807, 2.05) is 4.90 Å². The quantitative estimate of drug-likeness (QED) is 0.767. The fraction of sp³-hybridized carbons (Fsp3) is 0.733. The van der Waals surface area contributed by atoms with Gasteiger partial charge in [0, 0.05) is 12.5 Å². The SMILES string of the molecule is CC1=C(N2CCC[C@@H](C3CCNCC3)C2=O)COC1=O. The number of hydrogen-bond acceptors (Lipinski definition) is 4. The lowest BCUT2D eigenvalue weighted by molar-refractivity contribution is -0.140. The normalized spacial score (nSPS) is 29.1. The van der Waals surface area contributed by atoms with Gasteiger partial charge in [-0.3, -0.25) is 4.79 Å². The van der Waals surface area contributed by atoms with Crippen LogP contribution in [0.5, 0.6) is 0 Å². The highest BCUT2D eigenvalue weighted by Crippen LogP contribution is 2.33. The second-order valence-corrected chi connectivity index (χ2v) is 5.97. The zero-order chi connectivity index (χ0) is 14.1. The highest BCUT2D eigenvalue weighted by Gasteiger charge is 2.38. The molecular formula is C15H22N2O3. The van der Waals surface area contributed by atoms with E-state index in [0.29, 0.717) is 11.5 Å². The van der Waals surface area contributed by atoms with Crippen LogP contribution in [0.25, 0.3) is 0 Å². The van der Waals surface area contributed by atoms with Crippen LogP contribution in [0.4, 0.5) is 0 Å².